The van der Waals surface area contributed by atoms with Gasteiger partial charge in [-0.3, -0.25) is 4.79 Å². The Labute approximate surface area is 148 Å². The Kier molecular flexibility index (Phi) is 5.13. The van der Waals surface area contributed by atoms with E-state index < -0.39 is 0 Å². The highest BCUT2D eigenvalue weighted by Gasteiger charge is 2.11. The van der Waals surface area contributed by atoms with Gasteiger partial charge in [0.1, 0.15) is 0 Å². The van der Waals surface area contributed by atoms with Crippen molar-refractivity contribution in [2.45, 2.75) is 13.0 Å². The molecule has 7 heteroatoms. The Hall–Kier alpha value is -2.37. The maximum atomic E-state index is 11.8. The van der Waals surface area contributed by atoms with Crippen LogP contribution < -0.4 is 0 Å². The summed E-state index contributed by atoms with van der Waals surface area (Å²) in [6.07, 6.45) is 0.148. The summed E-state index contributed by atoms with van der Waals surface area (Å²) >= 11 is 11.6. The number of carbonyl (C=O) groups excluding carboxylic acids is 1. The van der Waals surface area contributed by atoms with Crippen molar-refractivity contribution < 1.29 is 13.9 Å². The van der Waals surface area contributed by atoms with Crippen LogP contribution in [0.4, 0.5) is 0 Å². The zero-order valence-corrected chi connectivity index (χ0v) is 13.9. The van der Waals surface area contributed by atoms with Crippen molar-refractivity contribution in [3.8, 4) is 11.5 Å². The zero-order chi connectivity index (χ0) is 16.9. The number of esters is 1. The van der Waals surface area contributed by atoms with Crippen LogP contribution >= 0.6 is 23.2 Å². The van der Waals surface area contributed by atoms with Gasteiger partial charge in [-0.25, -0.2) is 0 Å². The second kappa shape index (κ2) is 7.47. The molecule has 0 spiro atoms. The number of nitrogens with zero attached hydrogens (tertiary/aromatic N) is 2. The van der Waals surface area contributed by atoms with Gasteiger partial charge in [-0.2, -0.15) is 0 Å². The maximum absolute atomic E-state index is 11.8. The first kappa shape index (κ1) is 16.5. The van der Waals surface area contributed by atoms with Crippen molar-refractivity contribution in [1.82, 2.24) is 10.2 Å². The van der Waals surface area contributed by atoms with Crippen molar-refractivity contribution in [1.29, 1.82) is 0 Å². The minimum absolute atomic E-state index is 0.0764. The summed E-state index contributed by atoms with van der Waals surface area (Å²) in [4.78, 5) is 11.8. The number of aromatic nitrogens is 2. The van der Waals surface area contributed by atoms with Crippen LogP contribution in [0.1, 0.15) is 11.5 Å². The number of ether oxygens (including phenoxy) is 1. The number of hydrogen-bond acceptors (Lipinski definition) is 5. The van der Waals surface area contributed by atoms with E-state index in [1.54, 1.807) is 48.5 Å². The van der Waals surface area contributed by atoms with Crippen LogP contribution in [0.25, 0.3) is 11.5 Å². The summed E-state index contributed by atoms with van der Waals surface area (Å²) < 4.78 is 10.6. The summed E-state index contributed by atoms with van der Waals surface area (Å²) in [5.74, 6) is 0.184. The average Bonchev–Trinajstić information content (AvgIpc) is 3.05. The average molecular weight is 363 g/mol. The molecule has 0 N–H and O–H groups in total. The molecule has 24 heavy (non-hydrogen) atoms. The minimum Gasteiger partial charge on any atom is -0.455 e. The van der Waals surface area contributed by atoms with Crippen molar-refractivity contribution in [2.75, 3.05) is 0 Å². The molecule has 0 saturated heterocycles. The van der Waals surface area contributed by atoms with Crippen LogP contribution in [0.2, 0.25) is 10.0 Å². The van der Waals surface area contributed by atoms with Gasteiger partial charge in [-0.1, -0.05) is 35.3 Å². The first-order chi connectivity index (χ1) is 11.6. The molecule has 1 heterocycles. The Morgan fingerprint density at radius 3 is 2.25 bits per heavy atom. The lowest BCUT2D eigenvalue weighted by Gasteiger charge is -2.02. The van der Waals surface area contributed by atoms with Gasteiger partial charge >= 0.3 is 5.97 Å². The van der Waals surface area contributed by atoms with E-state index in [2.05, 4.69) is 10.2 Å². The number of hydrogen-bond donors (Lipinski definition) is 0. The molecule has 0 amide bonds. The third-order valence-corrected chi connectivity index (χ3v) is 3.68. The summed E-state index contributed by atoms with van der Waals surface area (Å²) in [7, 11) is 0. The van der Waals surface area contributed by atoms with Gasteiger partial charge in [0, 0.05) is 15.6 Å². The molecule has 0 unspecified atom stereocenters. The van der Waals surface area contributed by atoms with Gasteiger partial charge in [0.15, 0.2) is 6.61 Å². The molecule has 0 bridgehead atoms. The largest absolute Gasteiger partial charge is 0.455 e. The molecule has 0 fully saturated rings. The van der Waals surface area contributed by atoms with Crippen LogP contribution in [0, 0.1) is 0 Å². The van der Waals surface area contributed by atoms with Crippen molar-refractivity contribution in [3.05, 3.63) is 70.0 Å². The zero-order valence-electron chi connectivity index (χ0n) is 12.4. The summed E-state index contributed by atoms with van der Waals surface area (Å²) in [5, 5.41) is 9.02. The molecule has 3 rings (SSSR count). The molecule has 0 saturated carbocycles. The summed E-state index contributed by atoms with van der Waals surface area (Å²) in [6, 6.07) is 14.0. The van der Waals surface area contributed by atoms with Crippen molar-refractivity contribution >= 4 is 29.2 Å². The van der Waals surface area contributed by atoms with E-state index in [4.69, 9.17) is 32.4 Å². The highest BCUT2D eigenvalue weighted by atomic mass is 35.5. The lowest BCUT2D eigenvalue weighted by Crippen LogP contribution is -2.08. The topological polar surface area (TPSA) is 65.2 Å². The number of carbonyl (C=O) groups is 1. The molecule has 1 aromatic heterocycles. The molecule has 0 aliphatic rings. The third kappa shape index (κ3) is 4.34. The predicted molar refractivity (Wildman–Crippen MR) is 89.7 cm³/mol. The summed E-state index contributed by atoms with van der Waals surface area (Å²) in [5.41, 5.74) is 1.56. The quantitative estimate of drug-likeness (QED) is 0.632. The highest BCUT2D eigenvalue weighted by molar-refractivity contribution is 6.30. The fraction of sp³-hybridized carbons (Fsp3) is 0.118. The van der Waals surface area contributed by atoms with Crippen LogP contribution in [-0.2, 0) is 22.6 Å². The number of rotatable bonds is 5. The number of halogens is 2. The molecule has 3 aromatic rings. The van der Waals surface area contributed by atoms with Gasteiger partial charge < -0.3 is 9.15 Å². The minimum atomic E-state index is -0.386. The second-order valence-corrected chi connectivity index (χ2v) is 5.84. The Bertz CT molecular complexity index is 830. The number of benzene rings is 2. The molecule has 5 nitrogen and oxygen atoms in total. The van der Waals surface area contributed by atoms with E-state index in [0.717, 1.165) is 11.1 Å². The van der Waals surface area contributed by atoms with E-state index in [1.807, 2.05) is 0 Å². The Morgan fingerprint density at radius 2 is 1.58 bits per heavy atom. The Balaban J connectivity index is 1.56. The van der Waals surface area contributed by atoms with Gasteiger partial charge in [-0.05, 0) is 42.0 Å². The van der Waals surface area contributed by atoms with Gasteiger partial charge in [0.25, 0.3) is 5.89 Å². The smallest absolute Gasteiger partial charge is 0.310 e. The molecule has 0 radical (unpaired) electrons. The van der Waals surface area contributed by atoms with E-state index in [1.165, 1.54) is 0 Å². The van der Waals surface area contributed by atoms with E-state index in [0.29, 0.717) is 15.9 Å². The molecule has 2 aromatic carbocycles. The monoisotopic (exact) mass is 362 g/mol. The molecule has 122 valence electrons. The van der Waals surface area contributed by atoms with Gasteiger partial charge in [0.05, 0.1) is 6.42 Å². The van der Waals surface area contributed by atoms with Gasteiger partial charge in [-0.15, -0.1) is 10.2 Å². The Morgan fingerprint density at radius 1 is 0.958 bits per heavy atom. The van der Waals surface area contributed by atoms with Crippen LogP contribution in [-0.4, -0.2) is 16.2 Å². The lowest BCUT2D eigenvalue weighted by molar-refractivity contribution is -0.144. The fourth-order valence-electron chi connectivity index (χ4n) is 1.98. The predicted octanol–water partition coefficient (Wildman–Crippen LogP) is 4.33. The van der Waals surface area contributed by atoms with Crippen molar-refractivity contribution in [3.63, 3.8) is 0 Å². The third-order valence-electron chi connectivity index (χ3n) is 3.18. The van der Waals surface area contributed by atoms with E-state index in [9.17, 15) is 4.79 Å². The molecular formula is C17H12Cl2N2O3. The molecule has 0 aliphatic heterocycles. The second-order valence-electron chi connectivity index (χ2n) is 4.97. The summed E-state index contributed by atoms with van der Waals surface area (Å²) in [6.45, 7) is -0.0764. The lowest BCUT2D eigenvalue weighted by atomic mass is 10.2. The fourth-order valence-corrected chi connectivity index (χ4v) is 2.24. The molecule has 0 aliphatic carbocycles. The SMILES string of the molecule is O=C(Cc1ccc(Cl)cc1)OCc1nnc(-c2ccc(Cl)cc2)o1. The van der Waals surface area contributed by atoms with Gasteiger partial charge in [0.2, 0.25) is 5.89 Å². The first-order valence-corrected chi connectivity index (χ1v) is 7.84. The van der Waals surface area contributed by atoms with Crippen LogP contribution in [0.3, 0.4) is 0 Å². The highest BCUT2D eigenvalue weighted by Crippen LogP contribution is 2.20. The maximum Gasteiger partial charge on any atom is 0.310 e. The van der Waals surface area contributed by atoms with Crippen LogP contribution in [0.5, 0.6) is 0 Å². The first-order valence-electron chi connectivity index (χ1n) is 7.08. The van der Waals surface area contributed by atoms with Crippen LogP contribution in [0.15, 0.2) is 52.9 Å². The van der Waals surface area contributed by atoms with Crippen molar-refractivity contribution in [2.24, 2.45) is 0 Å². The standard InChI is InChI=1S/C17H12Cl2N2O3/c18-13-5-1-11(2-6-13)9-16(22)23-10-15-20-21-17(24-15)12-3-7-14(19)8-4-12/h1-8H,9-10H2. The molecular weight excluding hydrogens is 351 g/mol. The molecule has 0 atom stereocenters. The van der Waals surface area contributed by atoms with E-state index in [-0.39, 0.29) is 24.9 Å². The normalized spacial score (nSPS) is 10.6. The van der Waals surface area contributed by atoms with E-state index >= 15 is 0 Å².